The maximum absolute atomic E-state index is 13.8. The fraction of sp³-hybridized carbons (Fsp3) is 0.423. The summed E-state index contributed by atoms with van der Waals surface area (Å²) in [5, 5.41) is 29.0. The highest BCUT2D eigenvalue weighted by Gasteiger charge is 2.49. The van der Waals surface area contributed by atoms with Crippen molar-refractivity contribution in [2.75, 3.05) is 20.7 Å². The van der Waals surface area contributed by atoms with Crippen molar-refractivity contribution in [3.05, 3.63) is 71.7 Å². The zero-order valence-electron chi connectivity index (χ0n) is 21.0. The third kappa shape index (κ3) is 5.58. The van der Waals surface area contributed by atoms with Gasteiger partial charge in [0.05, 0.1) is 31.6 Å². The maximum atomic E-state index is 13.8. The van der Waals surface area contributed by atoms with Crippen molar-refractivity contribution in [3.63, 3.8) is 0 Å². The number of carbonyl (C=O) groups is 1. The van der Waals surface area contributed by atoms with Gasteiger partial charge in [0.2, 0.25) is 0 Å². The Morgan fingerprint density at radius 1 is 1.18 bits per heavy atom. The summed E-state index contributed by atoms with van der Waals surface area (Å²) in [6.07, 6.45) is -3.01. The zero-order chi connectivity index (χ0) is 27.6. The molecule has 6 atom stereocenters. The molecule has 2 heterocycles. The van der Waals surface area contributed by atoms with E-state index in [0.29, 0.717) is 0 Å². The van der Waals surface area contributed by atoms with Gasteiger partial charge in [-0.2, -0.15) is 0 Å². The number of hydrogen-bond acceptors (Lipinski definition) is 7. The Morgan fingerprint density at radius 3 is 2.45 bits per heavy atom. The van der Waals surface area contributed by atoms with Crippen molar-refractivity contribution < 1.29 is 37.7 Å². The highest BCUT2D eigenvalue weighted by Crippen LogP contribution is 2.37. The van der Waals surface area contributed by atoms with Gasteiger partial charge in [-0.15, -0.1) is 5.10 Å². The summed E-state index contributed by atoms with van der Waals surface area (Å²) < 4.78 is 54.3. The van der Waals surface area contributed by atoms with E-state index in [9.17, 15) is 28.2 Å². The van der Waals surface area contributed by atoms with Crippen LogP contribution in [-0.2, 0) is 20.9 Å². The largest absolute Gasteiger partial charge is 0.394 e. The van der Waals surface area contributed by atoms with Crippen molar-refractivity contribution >= 4 is 5.91 Å². The monoisotopic (exact) mass is 534 g/mol. The third-order valence-corrected chi connectivity index (χ3v) is 6.65. The maximum Gasteiger partial charge on any atom is 0.253 e. The van der Waals surface area contributed by atoms with E-state index in [2.05, 4.69) is 10.3 Å². The molecular formula is C26H29F3N4O5. The van der Waals surface area contributed by atoms with E-state index < -0.39 is 60.4 Å². The molecule has 1 amide bonds. The first-order chi connectivity index (χ1) is 18.1. The molecule has 0 saturated carbocycles. The number of rotatable bonds is 8. The van der Waals surface area contributed by atoms with Crippen LogP contribution in [0.5, 0.6) is 0 Å². The number of likely N-dealkylation sites (N-methyl/N-ethyl adjacent to an activating group) is 1. The van der Waals surface area contributed by atoms with E-state index in [-0.39, 0.29) is 23.8 Å². The number of ether oxygens (including phenoxy) is 2. The number of benzene rings is 2. The highest BCUT2D eigenvalue weighted by atomic mass is 19.2. The van der Waals surface area contributed by atoms with E-state index in [1.807, 2.05) is 30.3 Å². The first kappa shape index (κ1) is 27.7. The molecule has 4 rings (SSSR count). The Morgan fingerprint density at radius 2 is 1.84 bits per heavy atom. The van der Waals surface area contributed by atoms with Gasteiger partial charge >= 0.3 is 0 Å². The second kappa shape index (κ2) is 11.6. The molecular weight excluding hydrogens is 505 g/mol. The van der Waals surface area contributed by atoms with Gasteiger partial charge in [0.15, 0.2) is 23.6 Å². The second-order valence-corrected chi connectivity index (χ2v) is 9.45. The Bertz CT molecular complexity index is 1240. The molecule has 2 aromatic carbocycles. The predicted molar refractivity (Wildman–Crippen MR) is 129 cm³/mol. The van der Waals surface area contributed by atoms with Crippen molar-refractivity contribution in [2.24, 2.45) is 5.92 Å². The van der Waals surface area contributed by atoms with Crippen molar-refractivity contribution in [1.29, 1.82) is 0 Å². The minimum absolute atomic E-state index is 0.0343. The van der Waals surface area contributed by atoms with Gasteiger partial charge < -0.3 is 24.6 Å². The fourth-order valence-electron chi connectivity index (χ4n) is 4.61. The lowest BCUT2D eigenvalue weighted by Crippen LogP contribution is -2.58. The van der Waals surface area contributed by atoms with Crippen molar-refractivity contribution in [1.82, 2.24) is 19.9 Å². The normalized spacial score (nSPS) is 24.3. The third-order valence-electron chi connectivity index (χ3n) is 6.65. The number of aliphatic hydroxyl groups excluding tert-OH is 2. The molecule has 12 heteroatoms. The number of amides is 1. The Labute approximate surface area is 217 Å². The van der Waals surface area contributed by atoms with Crippen molar-refractivity contribution in [2.45, 2.75) is 44.0 Å². The molecule has 0 spiro atoms. The van der Waals surface area contributed by atoms with Gasteiger partial charge in [0, 0.05) is 25.6 Å². The standard InChI is InChI=1S/C26H29F3N4O5/c1-14-22(33-11-19(30-31-33)16-9-17(27)21(29)18(28)10-16)23(35)20(12-34)38-24(14)25(26(36)32(2)3)37-13-15-7-5-4-6-8-15/h4-11,14,20,22-25,34-35H,12-13H2,1-3H3/t14?,20?,22-,23+,24-,25+/m1/s1. The van der Waals surface area contributed by atoms with Gasteiger partial charge in [-0.05, 0) is 17.7 Å². The van der Waals surface area contributed by atoms with E-state index in [1.54, 1.807) is 21.0 Å². The topological polar surface area (TPSA) is 110 Å². The lowest BCUT2D eigenvalue weighted by atomic mass is 9.83. The molecule has 3 aromatic rings. The molecule has 1 fully saturated rings. The van der Waals surface area contributed by atoms with E-state index in [1.165, 1.54) is 15.8 Å². The number of aliphatic hydroxyl groups is 2. The number of halogens is 3. The van der Waals surface area contributed by atoms with E-state index in [4.69, 9.17) is 9.47 Å². The van der Waals surface area contributed by atoms with Crippen LogP contribution in [0.3, 0.4) is 0 Å². The van der Waals surface area contributed by atoms with Crippen LogP contribution in [0, 0.1) is 23.4 Å². The van der Waals surface area contributed by atoms with Crippen LogP contribution in [-0.4, -0.2) is 81.1 Å². The predicted octanol–water partition coefficient (Wildman–Crippen LogP) is 2.33. The zero-order valence-corrected chi connectivity index (χ0v) is 21.0. The van der Waals surface area contributed by atoms with Crippen LogP contribution in [0.25, 0.3) is 11.3 Å². The SMILES string of the molecule is CC1[C@H]([C@H](OCc2ccccc2)C(=O)N(C)C)OC(CO)[C@H](O)[C@@H]1n1cc(-c2cc(F)c(F)c(F)c2)nn1. The summed E-state index contributed by atoms with van der Waals surface area (Å²) in [5.41, 5.74) is 0.818. The van der Waals surface area contributed by atoms with E-state index in [0.717, 1.165) is 17.7 Å². The number of nitrogens with zero attached hydrogens (tertiary/aromatic N) is 4. The van der Waals surface area contributed by atoms with Gasteiger partial charge in [-0.25, -0.2) is 17.9 Å². The van der Waals surface area contributed by atoms with E-state index >= 15 is 0 Å². The van der Waals surface area contributed by atoms with Crippen LogP contribution in [0.2, 0.25) is 0 Å². The first-order valence-electron chi connectivity index (χ1n) is 12.0. The summed E-state index contributed by atoms with van der Waals surface area (Å²) in [6, 6.07) is 9.97. The quantitative estimate of drug-likeness (QED) is 0.427. The van der Waals surface area contributed by atoms with Gasteiger partial charge in [-0.1, -0.05) is 42.5 Å². The molecule has 1 saturated heterocycles. The molecule has 0 aliphatic carbocycles. The molecule has 2 unspecified atom stereocenters. The number of aromatic nitrogens is 3. The summed E-state index contributed by atoms with van der Waals surface area (Å²) in [5.74, 6) is -5.34. The van der Waals surface area contributed by atoms with Gasteiger partial charge in [0.1, 0.15) is 17.9 Å². The smallest absolute Gasteiger partial charge is 0.253 e. The molecule has 2 N–H and O–H groups in total. The highest BCUT2D eigenvalue weighted by molar-refractivity contribution is 5.81. The molecule has 0 radical (unpaired) electrons. The summed E-state index contributed by atoms with van der Waals surface area (Å²) in [4.78, 5) is 14.5. The van der Waals surface area contributed by atoms with Gasteiger partial charge in [0.25, 0.3) is 5.91 Å². The molecule has 204 valence electrons. The molecule has 0 bridgehead atoms. The van der Waals surface area contributed by atoms with Crippen LogP contribution in [0.15, 0.2) is 48.7 Å². The Balaban J connectivity index is 1.66. The molecule has 1 aromatic heterocycles. The summed E-state index contributed by atoms with van der Waals surface area (Å²) in [6.45, 7) is 1.29. The lowest BCUT2D eigenvalue weighted by Gasteiger charge is -2.45. The number of hydrogen-bond donors (Lipinski definition) is 2. The minimum Gasteiger partial charge on any atom is -0.394 e. The second-order valence-electron chi connectivity index (χ2n) is 9.45. The average molecular weight is 535 g/mol. The van der Waals surface area contributed by atoms with Gasteiger partial charge in [-0.3, -0.25) is 4.79 Å². The van der Waals surface area contributed by atoms with Crippen LogP contribution in [0.1, 0.15) is 18.5 Å². The van der Waals surface area contributed by atoms with Crippen LogP contribution < -0.4 is 0 Å². The summed E-state index contributed by atoms with van der Waals surface area (Å²) in [7, 11) is 3.16. The average Bonchev–Trinajstić information content (AvgIpc) is 3.38. The molecule has 1 aliphatic heterocycles. The summed E-state index contributed by atoms with van der Waals surface area (Å²) >= 11 is 0. The molecule has 38 heavy (non-hydrogen) atoms. The van der Waals surface area contributed by atoms with Crippen molar-refractivity contribution in [3.8, 4) is 11.3 Å². The Hall–Kier alpha value is -3.32. The molecule has 9 nitrogen and oxygen atoms in total. The van der Waals surface area contributed by atoms with Crippen LogP contribution >= 0.6 is 0 Å². The molecule has 1 aliphatic rings. The fourth-order valence-corrected chi connectivity index (χ4v) is 4.61. The minimum atomic E-state index is -1.60. The Kier molecular flexibility index (Phi) is 8.46. The van der Waals surface area contributed by atoms with Crippen LogP contribution in [0.4, 0.5) is 13.2 Å². The first-order valence-corrected chi connectivity index (χ1v) is 12.0. The lowest BCUT2D eigenvalue weighted by molar-refractivity contribution is -0.217. The number of carbonyl (C=O) groups excluding carboxylic acids is 1.